The molecule has 1 saturated heterocycles. The van der Waals surface area contributed by atoms with Crippen LogP contribution in [0.15, 0.2) is 21.9 Å². The summed E-state index contributed by atoms with van der Waals surface area (Å²) in [5.41, 5.74) is -1.51. The number of phosphoric acid groups is 1. The molecule has 2 heterocycles. The van der Waals surface area contributed by atoms with E-state index in [2.05, 4.69) is 4.52 Å². The van der Waals surface area contributed by atoms with Gasteiger partial charge in [0.1, 0.15) is 18.3 Å². The average molecular weight is 370 g/mol. The van der Waals surface area contributed by atoms with Crippen molar-refractivity contribution >= 4 is 66.9 Å². The van der Waals surface area contributed by atoms with Crippen molar-refractivity contribution in [2.75, 3.05) is 6.61 Å². The molecular formula is C9H13N2Na2O9P. The van der Waals surface area contributed by atoms with Gasteiger partial charge in [-0.1, -0.05) is 0 Å². The molecule has 2 rings (SSSR count). The number of rotatable bonds is 4. The van der Waals surface area contributed by atoms with Crippen molar-refractivity contribution in [3.8, 4) is 0 Å². The van der Waals surface area contributed by atoms with E-state index >= 15 is 0 Å². The minimum absolute atomic E-state index is 0. The summed E-state index contributed by atoms with van der Waals surface area (Å²) >= 11 is 0. The smallest absolute Gasteiger partial charge is 0.387 e. The molecule has 0 unspecified atom stereocenters. The molecule has 1 aliphatic heterocycles. The number of nitrogens with one attached hydrogen (secondary N) is 1. The van der Waals surface area contributed by atoms with E-state index in [0.29, 0.717) is 0 Å². The van der Waals surface area contributed by atoms with E-state index < -0.39 is 50.2 Å². The van der Waals surface area contributed by atoms with Crippen molar-refractivity contribution in [2.24, 2.45) is 0 Å². The topological polar surface area (TPSA) is 171 Å². The van der Waals surface area contributed by atoms with E-state index in [1.807, 2.05) is 4.98 Å². The van der Waals surface area contributed by atoms with Gasteiger partial charge in [-0.25, -0.2) is 9.36 Å². The Labute approximate surface area is 173 Å². The zero-order chi connectivity index (χ0) is 15.8. The quantitative estimate of drug-likeness (QED) is 0.266. The van der Waals surface area contributed by atoms with E-state index in [9.17, 15) is 24.4 Å². The molecule has 23 heavy (non-hydrogen) atoms. The molecule has 1 fully saturated rings. The molecule has 4 atom stereocenters. The van der Waals surface area contributed by atoms with Gasteiger partial charge in [0.2, 0.25) is 0 Å². The van der Waals surface area contributed by atoms with Crippen molar-refractivity contribution in [3.05, 3.63) is 33.1 Å². The third kappa shape index (κ3) is 6.15. The molecule has 0 spiro atoms. The maximum absolute atomic E-state index is 11.6. The first-order valence-electron chi connectivity index (χ1n) is 5.72. The molecule has 0 aliphatic carbocycles. The number of ether oxygens (including phenoxy) is 1. The van der Waals surface area contributed by atoms with Crippen LogP contribution < -0.4 is 11.2 Å². The first-order chi connectivity index (χ1) is 9.69. The van der Waals surface area contributed by atoms with Crippen LogP contribution in [0.3, 0.4) is 0 Å². The summed E-state index contributed by atoms with van der Waals surface area (Å²) in [5.74, 6) is 0. The molecule has 5 N–H and O–H groups in total. The third-order valence-electron chi connectivity index (χ3n) is 2.87. The number of aromatic amines is 1. The Bertz CT molecular complexity index is 673. The van der Waals surface area contributed by atoms with E-state index in [-0.39, 0.29) is 59.1 Å². The van der Waals surface area contributed by atoms with Gasteiger partial charge in [-0.05, 0) is 0 Å². The SMILES string of the molecule is O=c1ccn([C@@H]2O[C@H](COP(=O)(O)O)[C@@H](O)[C@H]2O)c(=O)[nH]1.[Na].[Na]. The second-order valence-electron chi connectivity index (χ2n) is 4.35. The Balaban J connectivity index is 0.00000242. The Morgan fingerprint density at radius 2 is 1.87 bits per heavy atom. The summed E-state index contributed by atoms with van der Waals surface area (Å²) < 4.78 is 20.8. The van der Waals surface area contributed by atoms with Gasteiger partial charge in [0.05, 0.1) is 6.61 Å². The van der Waals surface area contributed by atoms with Crippen LogP contribution in [0.2, 0.25) is 0 Å². The second kappa shape index (κ2) is 9.39. The molecule has 1 aromatic heterocycles. The Morgan fingerprint density at radius 3 is 2.39 bits per heavy atom. The summed E-state index contributed by atoms with van der Waals surface area (Å²) in [6.07, 6.45) is -4.58. The van der Waals surface area contributed by atoms with Crippen LogP contribution in [0.5, 0.6) is 0 Å². The Kier molecular flexibility index (Phi) is 9.66. The number of aromatic nitrogens is 2. The molecule has 11 nitrogen and oxygen atoms in total. The molecule has 2 radical (unpaired) electrons. The van der Waals surface area contributed by atoms with Crippen molar-refractivity contribution in [3.63, 3.8) is 0 Å². The van der Waals surface area contributed by atoms with Crippen LogP contribution >= 0.6 is 7.82 Å². The van der Waals surface area contributed by atoms with Gasteiger partial charge in [0, 0.05) is 71.4 Å². The van der Waals surface area contributed by atoms with Crippen molar-refractivity contribution in [1.82, 2.24) is 9.55 Å². The van der Waals surface area contributed by atoms with Crippen LogP contribution in [0.4, 0.5) is 0 Å². The van der Waals surface area contributed by atoms with Crippen molar-refractivity contribution in [1.29, 1.82) is 0 Å². The minimum atomic E-state index is -4.76. The van der Waals surface area contributed by atoms with E-state index in [0.717, 1.165) is 16.8 Å². The van der Waals surface area contributed by atoms with Crippen molar-refractivity contribution in [2.45, 2.75) is 24.5 Å². The first-order valence-corrected chi connectivity index (χ1v) is 7.25. The van der Waals surface area contributed by atoms with Crippen LogP contribution in [0.1, 0.15) is 6.23 Å². The standard InChI is InChI=1S/C9H13N2O9P.2Na/c12-5-1-2-11(9(15)10-5)8-7(14)6(13)4(20-8)3-19-21(16,17)18;;/h1-2,4,6-8,13-14H,3H2,(H,10,12,15)(H2,16,17,18);;/t4-,6-,7-,8-;;/m1../s1. The summed E-state index contributed by atoms with van der Waals surface area (Å²) in [4.78, 5) is 41.6. The summed E-state index contributed by atoms with van der Waals surface area (Å²) in [6.45, 7) is -0.683. The molecule has 0 aromatic carbocycles. The largest absolute Gasteiger partial charge is 0.469 e. The van der Waals surface area contributed by atoms with Crippen molar-refractivity contribution < 1.29 is 33.8 Å². The Hall–Kier alpha value is 0.670. The summed E-state index contributed by atoms with van der Waals surface area (Å²) in [5, 5.41) is 19.6. The number of aliphatic hydroxyl groups excluding tert-OH is 2. The number of hydrogen-bond donors (Lipinski definition) is 5. The number of phosphoric ester groups is 1. The predicted molar refractivity (Wildman–Crippen MR) is 76.8 cm³/mol. The number of H-pyrrole nitrogens is 1. The van der Waals surface area contributed by atoms with Crippen LogP contribution in [-0.4, -0.2) is 114 Å². The zero-order valence-electron chi connectivity index (χ0n) is 12.4. The fourth-order valence-electron chi connectivity index (χ4n) is 1.89. The normalized spacial score (nSPS) is 27.1. The molecule has 14 heteroatoms. The first kappa shape index (κ1) is 23.7. The van der Waals surface area contributed by atoms with E-state index in [1.165, 1.54) is 0 Å². The van der Waals surface area contributed by atoms with Gasteiger partial charge in [0.15, 0.2) is 6.23 Å². The molecular weight excluding hydrogens is 357 g/mol. The maximum Gasteiger partial charge on any atom is 0.469 e. The maximum atomic E-state index is 11.6. The van der Waals surface area contributed by atoms with E-state index in [1.54, 1.807) is 0 Å². The average Bonchev–Trinajstić information content (AvgIpc) is 2.64. The van der Waals surface area contributed by atoms with Crippen LogP contribution in [0, 0.1) is 0 Å². The molecule has 0 amide bonds. The van der Waals surface area contributed by atoms with E-state index in [4.69, 9.17) is 14.5 Å². The number of nitrogens with zero attached hydrogens (tertiary/aromatic N) is 1. The fourth-order valence-corrected chi connectivity index (χ4v) is 2.24. The zero-order valence-corrected chi connectivity index (χ0v) is 17.3. The Morgan fingerprint density at radius 1 is 1.26 bits per heavy atom. The molecule has 120 valence electrons. The predicted octanol–water partition coefficient (Wildman–Crippen LogP) is -3.50. The number of aliphatic hydroxyl groups is 2. The van der Waals surface area contributed by atoms with Gasteiger partial charge in [0.25, 0.3) is 5.56 Å². The third-order valence-corrected chi connectivity index (χ3v) is 3.35. The summed E-state index contributed by atoms with van der Waals surface area (Å²) in [7, 11) is -4.76. The number of hydrogen-bond acceptors (Lipinski definition) is 7. The molecule has 0 bridgehead atoms. The summed E-state index contributed by atoms with van der Waals surface area (Å²) in [6, 6.07) is 1.02. The van der Waals surface area contributed by atoms with Crippen LogP contribution in [0.25, 0.3) is 0 Å². The molecule has 1 aliphatic rings. The van der Waals surface area contributed by atoms with Gasteiger partial charge >= 0.3 is 13.5 Å². The monoisotopic (exact) mass is 370 g/mol. The molecule has 0 saturated carbocycles. The van der Waals surface area contributed by atoms with Crippen LogP contribution in [-0.2, 0) is 13.8 Å². The fraction of sp³-hybridized carbons (Fsp3) is 0.556. The molecule has 1 aromatic rings. The van der Waals surface area contributed by atoms with Gasteiger partial charge in [-0.2, -0.15) is 0 Å². The van der Waals surface area contributed by atoms with Gasteiger partial charge in [-0.15, -0.1) is 0 Å². The minimum Gasteiger partial charge on any atom is -0.387 e. The van der Waals surface area contributed by atoms with Gasteiger partial charge < -0.3 is 24.7 Å². The van der Waals surface area contributed by atoms with Gasteiger partial charge in [-0.3, -0.25) is 18.9 Å². The second-order valence-corrected chi connectivity index (χ2v) is 5.59.